The first-order valence-electron chi connectivity index (χ1n) is 13.8. The zero-order chi connectivity index (χ0) is 25.5. The lowest BCUT2D eigenvalue weighted by Gasteiger charge is -2.31. The molecule has 200 valence electrons. The SMILES string of the molecule is O=C1C(Cc2ccccc2SC(F)(F)F)CCN1C1CCCCC1.O=C1CCCN1C1CCCCC1. The topological polar surface area (TPSA) is 40.6 Å². The molecular formula is C28H39F3N2O2S. The van der Waals surface area contributed by atoms with E-state index in [1.807, 2.05) is 4.90 Å². The van der Waals surface area contributed by atoms with Gasteiger partial charge in [0, 0.05) is 42.4 Å². The number of rotatable bonds is 5. The summed E-state index contributed by atoms with van der Waals surface area (Å²) in [6.07, 6.45) is 15.3. The van der Waals surface area contributed by atoms with Crippen molar-refractivity contribution in [3.63, 3.8) is 0 Å². The lowest BCUT2D eigenvalue weighted by Crippen LogP contribution is -2.39. The molecule has 36 heavy (non-hydrogen) atoms. The molecule has 0 N–H and O–H groups in total. The second kappa shape index (κ2) is 12.7. The highest BCUT2D eigenvalue weighted by molar-refractivity contribution is 8.00. The molecule has 4 fully saturated rings. The third-order valence-corrected chi connectivity index (χ3v) is 9.01. The van der Waals surface area contributed by atoms with Gasteiger partial charge >= 0.3 is 5.51 Å². The van der Waals surface area contributed by atoms with Gasteiger partial charge in [0.25, 0.3) is 0 Å². The minimum Gasteiger partial charge on any atom is -0.340 e. The molecule has 8 heteroatoms. The average molecular weight is 525 g/mol. The second-order valence-electron chi connectivity index (χ2n) is 10.7. The Bertz CT molecular complexity index is 882. The van der Waals surface area contributed by atoms with Gasteiger partial charge in [0.2, 0.25) is 11.8 Å². The first-order valence-corrected chi connectivity index (χ1v) is 14.6. The molecule has 2 saturated carbocycles. The van der Waals surface area contributed by atoms with Crippen molar-refractivity contribution in [1.29, 1.82) is 0 Å². The lowest BCUT2D eigenvalue weighted by molar-refractivity contribution is -0.133. The van der Waals surface area contributed by atoms with E-state index in [0.717, 1.165) is 45.2 Å². The fourth-order valence-electron chi connectivity index (χ4n) is 6.32. The highest BCUT2D eigenvalue weighted by Crippen LogP contribution is 2.40. The van der Waals surface area contributed by atoms with Gasteiger partial charge in [-0.25, -0.2) is 0 Å². The summed E-state index contributed by atoms with van der Waals surface area (Å²) in [7, 11) is 0. The van der Waals surface area contributed by atoms with Crippen LogP contribution in [0.1, 0.15) is 89.0 Å². The summed E-state index contributed by atoms with van der Waals surface area (Å²) < 4.78 is 38.1. The first kappa shape index (κ1) is 27.3. The molecule has 2 aliphatic heterocycles. The van der Waals surface area contributed by atoms with Crippen molar-refractivity contribution in [3.8, 4) is 0 Å². The minimum atomic E-state index is -4.30. The van der Waals surface area contributed by atoms with Crippen molar-refractivity contribution in [3.05, 3.63) is 29.8 Å². The van der Waals surface area contributed by atoms with E-state index in [2.05, 4.69) is 4.90 Å². The monoisotopic (exact) mass is 524 g/mol. The van der Waals surface area contributed by atoms with Gasteiger partial charge in [-0.2, -0.15) is 13.2 Å². The standard InChI is InChI=1S/C18H22F3NOS.C10H17NO/c19-18(20,21)24-16-9-5-4-6-13(16)12-14-10-11-22(17(14)23)15-7-2-1-3-8-15;12-10-7-4-8-11(10)9-5-2-1-3-6-9/h4-6,9,14-15H,1-3,7-8,10-12H2;9H,1-8H2. The summed E-state index contributed by atoms with van der Waals surface area (Å²) in [4.78, 5) is 28.4. The molecule has 0 radical (unpaired) electrons. The van der Waals surface area contributed by atoms with E-state index in [9.17, 15) is 22.8 Å². The smallest absolute Gasteiger partial charge is 0.340 e. The van der Waals surface area contributed by atoms with E-state index in [4.69, 9.17) is 0 Å². The predicted octanol–water partition coefficient (Wildman–Crippen LogP) is 6.96. The molecule has 4 aliphatic rings. The van der Waals surface area contributed by atoms with Crippen LogP contribution in [0.2, 0.25) is 0 Å². The van der Waals surface area contributed by atoms with Gasteiger partial charge in [0.05, 0.1) is 0 Å². The molecule has 2 amide bonds. The average Bonchev–Trinajstić information content (AvgIpc) is 3.46. The molecule has 4 nitrogen and oxygen atoms in total. The number of benzene rings is 1. The van der Waals surface area contributed by atoms with Crippen molar-refractivity contribution in [2.45, 2.75) is 112 Å². The van der Waals surface area contributed by atoms with E-state index >= 15 is 0 Å². The Morgan fingerprint density at radius 1 is 0.778 bits per heavy atom. The maximum absolute atomic E-state index is 12.7. The minimum absolute atomic E-state index is 0.0841. The van der Waals surface area contributed by atoms with Crippen molar-refractivity contribution in [1.82, 2.24) is 9.80 Å². The maximum atomic E-state index is 12.7. The quantitative estimate of drug-likeness (QED) is 0.391. The van der Waals surface area contributed by atoms with Crippen molar-refractivity contribution in [2.75, 3.05) is 13.1 Å². The largest absolute Gasteiger partial charge is 0.446 e. The molecule has 2 heterocycles. The molecule has 1 aromatic carbocycles. The van der Waals surface area contributed by atoms with E-state index in [-0.39, 0.29) is 28.5 Å². The Labute approximate surface area is 217 Å². The fourth-order valence-corrected chi connectivity index (χ4v) is 7.00. The van der Waals surface area contributed by atoms with Gasteiger partial charge in [0.15, 0.2) is 0 Å². The number of amides is 2. The van der Waals surface area contributed by atoms with Crippen LogP contribution in [0.4, 0.5) is 13.2 Å². The van der Waals surface area contributed by atoms with Gasteiger partial charge in [-0.15, -0.1) is 0 Å². The Morgan fingerprint density at radius 3 is 1.97 bits per heavy atom. The van der Waals surface area contributed by atoms with E-state index < -0.39 is 5.51 Å². The number of carbonyl (C=O) groups is 2. The second-order valence-corrected chi connectivity index (χ2v) is 11.8. The molecule has 1 unspecified atom stereocenters. The Hall–Kier alpha value is -1.70. The number of hydrogen-bond acceptors (Lipinski definition) is 3. The third kappa shape index (κ3) is 7.42. The van der Waals surface area contributed by atoms with Crippen LogP contribution in [0.3, 0.4) is 0 Å². The summed E-state index contributed by atoms with van der Waals surface area (Å²) >= 11 is -0.0841. The van der Waals surface area contributed by atoms with Gasteiger partial charge in [0.1, 0.15) is 0 Å². The van der Waals surface area contributed by atoms with Crippen LogP contribution in [-0.4, -0.2) is 52.3 Å². The number of hydrogen-bond donors (Lipinski definition) is 0. The molecule has 0 bridgehead atoms. The van der Waals surface area contributed by atoms with Crippen LogP contribution in [0, 0.1) is 5.92 Å². The van der Waals surface area contributed by atoms with Gasteiger partial charge in [-0.3, -0.25) is 9.59 Å². The molecule has 0 aromatic heterocycles. The number of likely N-dealkylation sites (tertiary alicyclic amines) is 2. The van der Waals surface area contributed by atoms with Crippen molar-refractivity contribution >= 4 is 23.6 Å². The highest BCUT2D eigenvalue weighted by atomic mass is 32.2. The summed E-state index contributed by atoms with van der Waals surface area (Å²) in [6, 6.07) is 7.51. The molecule has 5 rings (SSSR count). The Kier molecular flexibility index (Phi) is 9.65. The van der Waals surface area contributed by atoms with Crippen LogP contribution in [0.15, 0.2) is 29.2 Å². The van der Waals surface area contributed by atoms with E-state index in [1.165, 1.54) is 57.4 Å². The van der Waals surface area contributed by atoms with Crippen molar-refractivity contribution in [2.24, 2.45) is 5.92 Å². The van der Waals surface area contributed by atoms with Crippen LogP contribution in [0.5, 0.6) is 0 Å². The lowest BCUT2D eigenvalue weighted by atomic mass is 9.94. The third-order valence-electron chi connectivity index (χ3n) is 8.16. The number of nitrogens with zero attached hydrogens (tertiary/aromatic N) is 2. The molecule has 1 aromatic rings. The fraction of sp³-hybridized carbons (Fsp3) is 0.714. The summed E-state index contributed by atoms with van der Waals surface area (Å²) in [5.74, 6) is 0.359. The number of alkyl halides is 3. The number of carbonyl (C=O) groups excluding carboxylic acids is 2. The summed E-state index contributed by atoms with van der Waals surface area (Å²) in [5.41, 5.74) is -3.67. The number of thioether (sulfide) groups is 1. The zero-order valence-electron chi connectivity index (χ0n) is 21.1. The van der Waals surface area contributed by atoms with Gasteiger partial charge in [-0.1, -0.05) is 56.7 Å². The molecule has 0 spiro atoms. The van der Waals surface area contributed by atoms with Gasteiger partial charge in [-0.05, 0) is 68.3 Å². The Balaban J connectivity index is 0.000000211. The maximum Gasteiger partial charge on any atom is 0.446 e. The van der Waals surface area contributed by atoms with Crippen LogP contribution >= 0.6 is 11.8 Å². The predicted molar refractivity (Wildman–Crippen MR) is 137 cm³/mol. The Morgan fingerprint density at radius 2 is 1.39 bits per heavy atom. The normalized spacial score (nSPS) is 24.2. The molecular weight excluding hydrogens is 485 g/mol. The van der Waals surface area contributed by atoms with Crippen molar-refractivity contribution < 1.29 is 22.8 Å². The summed E-state index contributed by atoms with van der Waals surface area (Å²) in [5, 5.41) is 0. The van der Waals surface area contributed by atoms with Crippen LogP contribution in [-0.2, 0) is 16.0 Å². The molecule has 1 atom stereocenters. The molecule has 2 saturated heterocycles. The van der Waals surface area contributed by atoms with Crippen LogP contribution < -0.4 is 0 Å². The zero-order valence-corrected chi connectivity index (χ0v) is 21.9. The van der Waals surface area contributed by atoms with E-state index in [1.54, 1.807) is 18.2 Å². The van der Waals surface area contributed by atoms with Crippen LogP contribution in [0.25, 0.3) is 0 Å². The van der Waals surface area contributed by atoms with E-state index in [0.29, 0.717) is 30.0 Å². The molecule has 2 aliphatic carbocycles. The first-order chi connectivity index (χ1) is 17.3. The van der Waals surface area contributed by atoms with Gasteiger partial charge < -0.3 is 9.80 Å². The number of halogens is 3. The summed E-state index contributed by atoms with van der Waals surface area (Å²) in [6.45, 7) is 1.78. The highest BCUT2D eigenvalue weighted by Gasteiger charge is 2.37.